The molecule has 0 saturated carbocycles. The molecule has 0 bridgehead atoms. The van der Waals surface area contributed by atoms with Gasteiger partial charge in [-0.1, -0.05) is 12.1 Å². The number of tetrazole rings is 1. The second-order valence-electron chi connectivity index (χ2n) is 3.75. The van der Waals surface area contributed by atoms with E-state index in [-0.39, 0.29) is 5.91 Å². The van der Waals surface area contributed by atoms with Crippen LogP contribution in [0.1, 0.15) is 10.4 Å². The van der Waals surface area contributed by atoms with E-state index in [0.29, 0.717) is 17.1 Å². The van der Waals surface area contributed by atoms with Crippen molar-refractivity contribution < 1.29 is 4.79 Å². The van der Waals surface area contributed by atoms with Crippen LogP contribution in [0.4, 0.5) is 5.69 Å². The number of benzene rings is 1. The number of hydrogen-bond acceptors (Lipinski definition) is 5. The highest BCUT2D eigenvalue weighted by Crippen LogP contribution is 2.14. The lowest BCUT2D eigenvalue weighted by Crippen LogP contribution is -2.11. The van der Waals surface area contributed by atoms with Gasteiger partial charge in [-0.3, -0.25) is 9.89 Å². The molecule has 8 nitrogen and oxygen atoms in total. The number of aromatic nitrogens is 6. The molecule has 0 aliphatic carbocycles. The van der Waals surface area contributed by atoms with Crippen molar-refractivity contribution in [2.75, 3.05) is 5.32 Å². The first-order valence-electron chi connectivity index (χ1n) is 5.47. The third-order valence-electron chi connectivity index (χ3n) is 2.51. The van der Waals surface area contributed by atoms with E-state index in [1.54, 1.807) is 30.5 Å². The Hall–Kier alpha value is -3.03. The molecular weight excluding hydrogens is 246 g/mol. The summed E-state index contributed by atoms with van der Waals surface area (Å²) in [6.07, 6.45) is 3.14. The van der Waals surface area contributed by atoms with Crippen molar-refractivity contribution in [3.8, 4) is 11.4 Å². The molecule has 0 unspecified atom stereocenters. The Labute approximate surface area is 107 Å². The molecule has 8 heteroatoms. The summed E-state index contributed by atoms with van der Waals surface area (Å²) < 4.78 is 0. The minimum absolute atomic E-state index is 0.207. The maximum atomic E-state index is 11.9. The summed E-state index contributed by atoms with van der Waals surface area (Å²) in [6.45, 7) is 0. The standard InChI is InChI=1S/C11H9N7O/c19-11(14-9-5-12-13-6-9)8-3-1-7(2-4-8)10-15-17-18-16-10/h1-6H,(H,12,13)(H,14,19)(H,15,16,17,18). The maximum absolute atomic E-state index is 11.9. The molecule has 3 rings (SSSR count). The second-order valence-corrected chi connectivity index (χ2v) is 3.75. The second kappa shape index (κ2) is 4.69. The van der Waals surface area contributed by atoms with E-state index in [1.165, 1.54) is 6.20 Å². The van der Waals surface area contributed by atoms with E-state index in [4.69, 9.17) is 0 Å². The highest BCUT2D eigenvalue weighted by molar-refractivity contribution is 6.04. The molecule has 0 aliphatic rings. The van der Waals surface area contributed by atoms with Gasteiger partial charge in [0, 0.05) is 17.3 Å². The monoisotopic (exact) mass is 255 g/mol. The zero-order chi connectivity index (χ0) is 13.1. The molecule has 1 aromatic carbocycles. The minimum atomic E-state index is -0.207. The Morgan fingerprint density at radius 3 is 2.68 bits per heavy atom. The summed E-state index contributed by atoms with van der Waals surface area (Å²) in [6, 6.07) is 6.91. The van der Waals surface area contributed by atoms with Crippen LogP contribution in [0.25, 0.3) is 11.4 Å². The average molecular weight is 255 g/mol. The number of carbonyl (C=O) groups excluding carboxylic acids is 1. The van der Waals surface area contributed by atoms with Crippen molar-refractivity contribution in [3.63, 3.8) is 0 Å². The molecule has 0 fully saturated rings. The molecule has 0 spiro atoms. The predicted octanol–water partition coefficient (Wildman–Crippen LogP) is 0.842. The van der Waals surface area contributed by atoms with E-state index in [1.807, 2.05) is 0 Å². The lowest BCUT2D eigenvalue weighted by molar-refractivity contribution is 0.102. The van der Waals surface area contributed by atoms with Crippen LogP contribution >= 0.6 is 0 Å². The van der Waals surface area contributed by atoms with Gasteiger partial charge in [-0.2, -0.15) is 10.3 Å². The van der Waals surface area contributed by atoms with Crippen LogP contribution in [0.3, 0.4) is 0 Å². The van der Waals surface area contributed by atoms with Crippen LogP contribution < -0.4 is 5.32 Å². The molecule has 0 aliphatic heterocycles. The number of nitrogens with one attached hydrogen (secondary N) is 3. The highest BCUT2D eigenvalue weighted by Gasteiger charge is 2.08. The highest BCUT2D eigenvalue weighted by atomic mass is 16.1. The molecular formula is C11H9N7O. The number of amides is 1. The Kier molecular flexibility index (Phi) is 2.73. The Balaban J connectivity index is 1.77. The molecule has 19 heavy (non-hydrogen) atoms. The van der Waals surface area contributed by atoms with Gasteiger partial charge in [0.05, 0.1) is 11.9 Å². The minimum Gasteiger partial charge on any atom is -0.319 e. The smallest absolute Gasteiger partial charge is 0.255 e. The maximum Gasteiger partial charge on any atom is 0.255 e. The number of nitrogens with zero attached hydrogens (tertiary/aromatic N) is 4. The Morgan fingerprint density at radius 1 is 1.21 bits per heavy atom. The van der Waals surface area contributed by atoms with E-state index >= 15 is 0 Å². The summed E-state index contributed by atoms with van der Waals surface area (Å²) in [5.41, 5.74) is 1.94. The molecule has 1 amide bonds. The fourth-order valence-electron chi connectivity index (χ4n) is 1.58. The SMILES string of the molecule is O=C(Nc1cn[nH]c1)c1ccc(-c2nn[nH]n2)cc1. The topological polar surface area (TPSA) is 112 Å². The third kappa shape index (κ3) is 2.32. The average Bonchev–Trinajstić information content (AvgIpc) is 3.12. The lowest BCUT2D eigenvalue weighted by atomic mass is 10.1. The molecule has 94 valence electrons. The number of aromatic amines is 2. The van der Waals surface area contributed by atoms with Crippen LogP contribution in [0.5, 0.6) is 0 Å². The van der Waals surface area contributed by atoms with E-state index in [9.17, 15) is 4.79 Å². The van der Waals surface area contributed by atoms with Gasteiger partial charge in [0.15, 0.2) is 0 Å². The normalized spacial score (nSPS) is 10.3. The summed E-state index contributed by atoms with van der Waals surface area (Å²) in [7, 11) is 0. The predicted molar refractivity (Wildman–Crippen MR) is 66.2 cm³/mol. The van der Waals surface area contributed by atoms with Gasteiger partial charge in [-0.25, -0.2) is 0 Å². The van der Waals surface area contributed by atoms with E-state index in [0.717, 1.165) is 5.56 Å². The molecule has 2 aromatic heterocycles. The molecule has 0 atom stereocenters. The summed E-state index contributed by atoms with van der Waals surface area (Å²) in [5.74, 6) is 0.280. The molecule has 0 saturated heterocycles. The molecule has 0 radical (unpaired) electrons. The number of carbonyl (C=O) groups is 1. The van der Waals surface area contributed by atoms with Gasteiger partial charge >= 0.3 is 0 Å². The van der Waals surface area contributed by atoms with Gasteiger partial charge < -0.3 is 5.32 Å². The van der Waals surface area contributed by atoms with Gasteiger partial charge in [0.25, 0.3) is 5.91 Å². The van der Waals surface area contributed by atoms with Crippen molar-refractivity contribution >= 4 is 11.6 Å². The summed E-state index contributed by atoms with van der Waals surface area (Å²) in [4.78, 5) is 11.9. The van der Waals surface area contributed by atoms with Crippen LogP contribution in [0, 0.1) is 0 Å². The van der Waals surface area contributed by atoms with Crippen LogP contribution in [-0.4, -0.2) is 36.7 Å². The first-order chi connectivity index (χ1) is 9.33. The zero-order valence-corrected chi connectivity index (χ0v) is 9.66. The van der Waals surface area contributed by atoms with Crippen molar-refractivity contribution in [2.24, 2.45) is 0 Å². The van der Waals surface area contributed by atoms with Crippen molar-refractivity contribution in [2.45, 2.75) is 0 Å². The van der Waals surface area contributed by atoms with Gasteiger partial charge in [0.2, 0.25) is 5.82 Å². The van der Waals surface area contributed by atoms with Crippen molar-refractivity contribution in [3.05, 3.63) is 42.2 Å². The van der Waals surface area contributed by atoms with Crippen LogP contribution in [0.2, 0.25) is 0 Å². The van der Waals surface area contributed by atoms with E-state index < -0.39 is 0 Å². The van der Waals surface area contributed by atoms with Crippen molar-refractivity contribution in [1.29, 1.82) is 0 Å². The number of anilines is 1. The Bertz CT molecular complexity index is 658. The lowest BCUT2D eigenvalue weighted by Gasteiger charge is -2.02. The summed E-state index contributed by atoms with van der Waals surface area (Å²) in [5, 5.41) is 22.7. The largest absolute Gasteiger partial charge is 0.319 e. The van der Waals surface area contributed by atoms with Crippen LogP contribution in [-0.2, 0) is 0 Å². The fraction of sp³-hybridized carbons (Fsp3) is 0. The first-order valence-corrected chi connectivity index (χ1v) is 5.47. The Morgan fingerprint density at radius 2 is 2.05 bits per heavy atom. The van der Waals surface area contributed by atoms with Gasteiger partial charge in [-0.15, -0.1) is 10.2 Å². The van der Waals surface area contributed by atoms with E-state index in [2.05, 4.69) is 36.1 Å². The summed E-state index contributed by atoms with van der Waals surface area (Å²) >= 11 is 0. The molecule has 3 aromatic rings. The fourth-order valence-corrected chi connectivity index (χ4v) is 1.58. The van der Waals surface area contributed by atoms with Gasteiger partial charge in [-0.05, 0) is 17.3 Å². The third-order valence-corrected chi connectivity index (χ3v) is 2.51. The first kappa shape index (κ1) is 11.1. The quantitative estimate of drug-likeness (QED) is 0.642. The number of H-pyrrole nitrogens is 2. The van der Waals surface area contributed by atoms with Crippen LogP contribution in [0.15, 0.2) is 36.7 Å². The molecule has 3 N–H and O–H groups in total. The van der Waals surface area contributed by atoms with Gasteiger partial charge in [0.1, 0.15) is 0 Å². The number of hydrogen-bond donors (Lipinski definition) is 3. The van der Waals surface area contributed by atoms with Crippen molar-refractivity contribution in [1.82, 2.24) is 30.8 Å². The number of rotatable bonds is 3. The zero-order valence-electron chi connectivity index (χ0n) is 9.66. The molecule has 2 heterocycles.